The Kier molecular flexibility index (Phi) is 8.02. The first-order chi connectivity index (χ1) is 14.7. The number of nitrogens with zero attached hydrogens (tertiary/aromatic N) is 1. The molecule has 8 heteroatoms. The zero-order valence-corrected chi connectivity index (χ0v) is 20.7. The summed E-state index contributed by atoms with van der Waals surface area (Å²) in [7, 11) is 0. The molecule has 0 spiro atoms. The number of ether oxygens (including phenoxy) is 1. The van der Waals surface area contributed by atoms with E-state index in [2.05, 4.69) is 38.3 Å². The van der Waals surface area contributed by atoms with E-state index in [0.717, 1.165) is 6.42 Å². The van der Waals surface area contributed by atoms with E-state index in [4.69, 9.17) is 9.15 Å². The van der Waals surface area contributed by atoms with Crippen molar-refractivity contribution in [2.24, 2.45) is 16.7 Å². The van der Waals surface area contributed by atoms with E-state index in [1.54, 1.807) is 12.1 Å². The van der Waals surface area contributed by atoms with E-state index in [1.807, 2.05) is 25.7 Å². The minimum absolute atomic E-state index is 0.00956. The van der Waals surface area contributed by atoms with E-state index in [9.17, 15) is 14.4 Å². The van der Waals surface area contributed by atoms with Crippen molar-refractivity contribution in [2.75, 3.05) is 6.54 Å². The lowest BCUT2D eigenvalue weighted by atomic mass is 9.79. The summed E-state index contributed by atoms with van der Waals surface area (Å²) >= 11 is 0. The third kappa shape index (κ3) is 6.74. The highest BCUT2D eigenvalue weighted by Gasteiger charge is 2.43. The third-order valence-corrected chi connectivity index (χ3v) is 6.11. The molecular formula is C24H39N3O5. The molecule has 0 aromatic carbocycles. The van der Waals surface area contributed by atoms with Crippen LogP contribution in [0.4, 0.5) is 4.79 Å². The minimum Gasteiger partial charge on any atom is -0.466 e. The van der Waals surface area contributed by atoms with Crippen molar-refractivity contribution in [3.05, 3.63) is 24.2 Å². The van der Waals surface area contributed by atoms with Crippen molar-refractivity contribution in [1.29, 1.82) is 0 Å². The Morgan fingerprint density at radius 3 is 2.34 bits per heavy atom. The molecule has 1 saturated heterocycles. The fourth-order valence-electron chi connectivity index (χ4n) is 3.87. The second-order valence-electron chi connectivity index (χ2n) is 11.0. The molecule has 8 nitrogen and oxygen atoms in total. The van der Waals surface area contributed by atoms with Crippen LogP contribution in [0, 0.1) is 16.7 Å². The molecule has 1 aliphatic heterocycles. The maximum absolute atomic E-state index is 13.4. The summed E-state index contributed by atoms with van der Waals surface area (Å²) in [6, 6.07) is 1.32. The molecule has 4 atom stereocenters. The molecule has 2 heterocycles. The van der Waals surface area contributed by atoms with Gasteiger partial charge in [-0.15, -0.1) is 0 Å². The number of carbonyl (C=O) groups is 3. The molecule has 1 aromatic rings. The van der Waals surface area contributed by atoms with Crippen LogP contribution in [0.15, 0.2) is 22.8 Å². The Labute approximate surface area is 191 Å². The highest BCUT2D eigenvalue weighted by Crippen LogP contribution is 2.37. The zero-order valence-electron chi connectivity index (χ0n) is 20.7. The van der Waals surface area contributed by atoms with Gasteiger partial charge in [0.05, 0.1) is 6.26 Å². The van der Waals surface area contributed by atoms with Gasteiger partial charge in [0, 0.05) is 12.6 Å². The monoisotopic (exact) mass is 449 g/mol. The van der Waals surface area contributed by atoms with Crippen LogP contribution in [0.1, 0.15) is 67.6 Å². The van der Waals surface area contributed by atoms with Crippen molar-refractivity contribution in [2.45, 2.75) is 86.5 Å². The number of likely N-dealkylation sites (tertiary alicyclic amines) is 1. The minimum atomic E-state index is -0.878. The van der Waals surface area contributed by atoms with Crippen molar-refractivity contribution in [3.63, 3.8) is 0 Å². The quantitative estimate of drug-likeness (QED) is 0.645. The van der Waals surface area contributed by atoms with Gasteiger partial charge in [0.2, 0.25) is 5.91 Å². The lowest BCUT2D eigenvalue weighted by Crippen LogP contribution is -2.58. The van der Waals surface area contributed by atoms with Crippen molar-refractivity contribution < 1.29 is 23.5 Å². The predicted molar refractivity (Wildman–Crippen MR) is 122 cm³/mol. The highest BCUT2D eigenvalue weighted by atomic mass is 16.5. The molecule has 0 radical (unpaired) electrons. The van der Waals surface area contributed by atoms with Crippen LogP contribution >= 0.6 is 0 Å². The summed E-state index contributed by atoms with van der Waals surface area (Å²) in [6.07, 6.45) is 2.43. The van der Waals surface area contributed by atoms with Crippen molar-refractivity contribution in [3.8, 4) is 0 Å². The highest BCUT2D eigenvalue weighted by molar-refractivity contribution is 5.89. The first-order valence-electron chi connectivity index (χ1n) is 11.3. The maximum atomic E-state index is 13.4. The normalized spacial score (nSPS) is 21.1. The molecule has 1 aromatic heterocycles. The van der Waals surface area contributed by atoms with Crippen LogP contribution in [0.25, 0.3) is 0 Å². The van der Waals surface area contributed by atoms with E-state index in [0.29, 0.717) is 18.2 Å². The molecule has 2 rings (SSSR count). The van der Waals surface area contributed by atoms with Gasteiger partial charge in [0.15, 0.2) is 0 Å². The number of hydrogen-bond donors (Lipinski definition) is 2. The second-order valence-corrected chi connectivity index (χ2v) is 11.0. The molecule has 0 bridgehead atoms. The molecule has 1 fully saturated rings. The molecule has 3 unspecified atom stereocenters. The molecule has 0 saturated carbocycles. The molecule has 180 valence electrons. The third-order valence-electron chi connectivity index (χ3n) is 6.11. The summed E-state index contributed by atoms with van der Waals surface area (Å²) in [5.41, 5.74) is -0.395. The fourth-order valence-corrected chi connectivity index (χ4v) is 3.87. The van der Waals surface area contributed by atoms with Gasteiger partial charge in [-0.3, -0.25) is 4.79 Å². The molecule has 0 aliphatic carbocycles. The Morgan fingerprint density at radius 1 is 1.19 bits per heavy atom. The Hall–Kier alpha value is -2.51. The number of amides is 3. The number of furan rings is 1. The van der Waals surface area contributed by atoms with Gasteiger partial charge in [-0.1, -0.05) is 41.5 Å². The SMILES string of the molecule is CC(NC(=O)NC(C(=O)N1C[C@H](C(C)(C)C)CC1C)C(C)(C)C)C(=O)OCc1ccco1. The van der Waals surface area contributed by atoms with Crippen LogP contribution in [-0.4, -0.2) is 47.5 Å². The summed E-state index contributed by atoms with van der Waals surface area (Å²) in [4.78, 5) is 40.2. The number of hydrogen-bond acceptors (Lipinski definition) is 5. The van der Waals surface area contributed by atoms with Gasteiger partial charge in [0.25, 0.3) is 0 Å². The molecule has 2 N–H and O–H groups in total. The van der Waals surface area contributed by atoms with Gasteiger partial charge < -0.3 is 24.7 Å². The molecule has 3 amide bonds. The van der Waals surface area contributed by atoms with Crippen LogP contribution < -0.4 is 10.6 Å². The van der Waals surface area contributed by atoms with Gasteiger partial charge in [-0.05, 0) is 49.1 Å². The smallest absolute Gasteiger partial charge is 0.328 e. The Bertz CT molecular complexity index is 792. The number of urea groups is 1. The first-order valence-corrected chi connectivity index (χ1v) is 11.3. The fraction of sp³-hybridized carbons (Fsp3) is 0.708. The largest absolute Gasteiger partial charge is 0.466 e. The average molecular weight is 450 g/mol. The van der Waals surface area contributed by atoms with Crippen LogP contribution in [0.3, 0.4) is 0 Å². The lowest BCUT2D eigenvalue weighted by Gasteiger charge is -2.35. The van der Waals surface area contributed by atoms with Crippen LogP contribution in [0.5, 0.6) is 0 Å². The summed E-state index contributed by atoms with van der Waals surface area (Å²) in [5, 5.41) is 5.37. The van der Waals surface area contributed by atoms with Gasteiger partial charge in [-0.2, -0.15) is 0 Å². The maximum Gasteiger partial charge on any atom is 0.328 e. The summed E-state index contributed by atoms with van der Waals surface area (Å²) in [6.45, 7) is 16.6. The first kappa shape index (κ1) is 25.7. The Balaban J connectivity index is 1.98. The standard InChI is InChI=1S/C24H39N3O5/c1-15-12-17(23(3,4)5)13-27(15)20(28)19(24(6,7)8)26-22(30)25-16(2)21(29)32-14-18-10-9-11-31-18/h9-11,15-17,19H,12-14H2,1-8H3,(H2,25,26,30)/t15?,16?,17-,19?/m1/s1. The van der Waals surface area contributed by atoms with Crippen molar-refractivity contribution in [1.82, 2.24) is 15.5 Å². The lowest BCUT2D eigenvalue weighted by molar-refractivity contribution is -0.147. The average Bonchev–Trinajstić information content (AvgIpc) is 3.31. The zero-order chi connectivity index (χ0) is 24.3. The van der Waals surface area contributed by atoms with E-state index >= 15 is 0 Å². The van der Waals surface area contributed by atoms with Gasteiger partial charge >= 0.3 is 12.0 Å². The van der Waals surface area contributed by atoms with Gasteiger partial charge in [0.1, 0.15) is 24.5 Å². The predicted octanol–water partition coefficient (Wildman–Crippen LogP) is 3.71. The van der Waals surface area contributed by atoms with Crippen molar-refractivity contribution >= 4 is 17.9 Å². The van der Waals surface area contributed by atoms with Crippen LogP contribution in [0.2, 0.25) is 0 Å². The second kappa shape index (κ2) is 9.96. The molecule has 1 aliphatic rings. The van der Waals surface area contributed by atoms with Crippen LogP contribution in [-0.2, 0) is 20.9 Å². The molecule has 32 heavy (non-hydrogen) atoms. The number of carbonyl (C=O) groups excluding carboxylic acids is 3. The topological polar surface area (TPSA) is 101 Å². The van der Waals surface area contributed by atoms with Gasteiger partial charge in [-0.25, -0.2) is 9.59 Å². The van der Waals surface area contributed by atoms with E-state index in [-0.39, 0.29) is 24.0 Å². The summed E-state index contributed by atoms with van der Waals surface area (Å²) < 4.78 is 10.3. The van der Waals surface area contributed by atoms with E-state index < -0.39 is 29.5 Å². The Morgan fingerprint density at radius 2 is 1.84 bits per heavy atom. The number of nitrogens with one attached hydrogen (secondary N) is 2. The summed E-state index contributed by atoms with van der Waals surface area (Å²) in [5.74, 6) is 0.234. The van der Waals surface area contributed by atoms with E-state index in [1.165, 1.54) is 13.2 Å². The molecular weight excluding hydrogens is 410 g/mol. The number of rotatable bonds is 6. The number of esters is 1.